The Morgan fingerprint density at radius 2 is 1.74 bits per heavy atom. The molecule has 0 N–H and O–H groups in total. The van der Waals surface area contributed by atoms with Crippen molar-refractivity contribution in [3.05, 3.63) is 11.1 Å². The van der Waals surface area contributed by atoms with E-state index in [1.54, 1.807) is 12.8 Å². The van der Waals surface area contributed by atoms with E-state index in [-0.39, 0.29) is 0 Å². The zero-order valence-corrected chi connectivity index (χ0v) is 26.5. The normalized spacial score (nSPS) is 37.6. The van der Waals surface area contributed by atoms with Gasteiger partial charge in [-0.05, 0) is 116 Å². The topological polar surface area (TPSA) is 0 Å². The maximum absolute atomic E-state index is 2.75. The molecule has 7 unspecified atom stereocenters. The monoisotopic (exact) mass is 582 g/mol. The van der Waals surface area contributed by atoms with Crippen LogP contribution in [0.25, 0.3) is 0 Å². The van der Waals surface area contributed by atoms with Crippen LogP contribution in [-0.2, 0) is 0 Å². The molecule has 0 bridgehead atoms. The first kappa shape index (κ1) is 29.0. The van der Waals surface area contributed by atoms with E-state index < -0.39 is 0 Å². The minimum Gasteiger partial charge on any atom is -0.0857 e. The standard InChI is InChI=1S/C31H53I.C2H6/c1-21(2)9-7-8-10-24-12-14-29-28-18-23(20-32)27-17-22(19-30(3,4)5)11-13-25(27)26(28)15-16-31(24,29)6;1-2/h21-24,26,28-29H,7-20H2,1-6H3;1-2H3. The summed E-state index contributed by atoms with van der Waals surface area (Å²) in [5.74, 6) is 6.78. The second kappa shape index (κ2) is 12.3. The summed E-state index contributed by atoms with van der Waals surface area (Å²) in [4.78, 5) is 0. The predicted octanol–water partition coefficient (Wildman–Crippen LogP) is 11.3. The van der Waals surface area contributed by atoms with Crippen LogP contribution in [0.1, 0.15) is 139 Å². The molecule has 0 nitrogen and oxygen atoms in total. The lowest BCUT2D eigenvalue weighted by molar-refractivity contribution is 0.00311. The fraction of sp³-hybridized carbons (Fsp3) is 0.939. The quantitative estimate of drug-likeness (QED) is 0.121. The Morgan fingerprint density at radius 1 is 1.00 bits per heavy atom. The first-order chi connectivity index (χ1) is 16.1. The number of fused-ring (bicyclic) bond motifs is 4. The van der Waals surface area contributed by atoms with Gasteiger partial charge >= 0.3 is 0 Å². The number of rotatable bonds is 7. The van der Waals surface area contributed by atoms with Gasteiger partial charge in [-0.15, -0.1) is 0 Å². The summed E-state index contributed by atoms with van der Waals surface area (Å²) >= 11 is 2.74. The molecule has 0 saturated heterocycles. The fourth-order valence-corrected chi connectivity index (χ4v) is 10.1. The molecule has 0 aliphatic heterocycles. The van der Waals surface area contributed by atoms with E-state index >= 15 is 0 Å². The van der Waals surface area contributed by atoms with Crippen molar-refractivity contribution in [2.45, 2.75) is 139 Å². The first-order valence-corrected chi connectivity index (χ1v) is 16.9. The summed E-state index contributed by atoms with van der Waals surface area (Å²) in [6.45, 7) is 18.9. The largest absolute Gasteiger partial charge is 0.0857 e. The maximum Gasteiger partial charge on any atom is 0.00612 e. The Balaban J connectivity index is 0.00000158. The molecular weight excluding hydrogens is 523 g/mol. The zero-order chi connectivity index (χ0) is 25.1. The van der Waals surface area contributed by atoms with E-state index in [1.807, 2.05) is 25.0 Å². The van der Waals surface area contributed by atoms with E-state index in [4.69, 9.17) is 0 Å². The van der Waals surface area contributed by atoms with Crippen molar-refractivity contribution in [3.63, 3.8) is 0 Å². The van der Waals surface area contributed by atoms with Crippen LogP contribution >= 0.6 is 22.6 Å². The van der Waals surface area contributed by atoms with Crippen molar-refractivity contribution < 1.29 is 0 Å². The van der Waals surface area contributed by atoms with Crippen LogP contribution < -0.4 is 0 Å². The molecule has 4 aliphatic carbocycles. The molecular formula is C33H59I. The van der Waals surface area contributed by atoms with Crippen LogP contribution in [0.4, 0.5) is 0 Å². The van der Waals surface area contributed by atoms with Gasteiger partial charge in [0.05, 0.1) is 0 Å². The number of hydrogen-bond acceptors (Lipinski definition) is 0. The molecule has 0 aromatic carbocycles. The Morgan fingerprint density at radius 3 is 2.38 bits per heavy atom. The van der Waals surface area contributed by atoms with Crippen molar-refractivity contribution in [3.8, 4) is 0 Å². The Labute approximate surface area is 228 Å². The predicted molar refractivity (Wildman–Crippen MR) is 161 cm³/mol. The number of allylic oxidation sites excluding steroid dienone is 2. The van der Waals surface area contributed by atoms with Crippen molar-refractivity contribution in [1.29, 1.82) is 0 Å². The molecule has 7 atom stereocenters. The van der Waals surface area contributed by atoms with E-state index in [9.17, 15) is 0 Å². The van der Waals surface area contributed by atoms with Crippen molar-refractivity contribution >= 4 is 22.6 Å². The van der Waals surface area contributed by atoms with E-state index in [0.717, 1.165) is 41.4 Å². The minimum absolute atomic E-state index is 0.487. The Bertz CT molecular complexity index is 667. The molecule has 0 heterocycles. The summed E-state index contributed by atoms with van der Waals surface area (Å²) in [6, 6.07) is 0. The second-order valence-electron chi connectivity index (χ2n) is 14.4. The molecule has 0 aromatic heterocycles. The molecule has 1 heteroatoms. The third-order valence-electron chi connectivity index (χ3n) is 10.5. The van der Waals surface area contributed by atoms with E-state index in [2.05, 4.69) is 64.1 Å². The van der Waals surface area contributed by atoms with Gasteiger partial charge in [-0.3, -0.25) is 0 Å². The summed E-state index contributed by atoms with van der Waals surface area (Å²) in [5, 5.41) is 0. The third-order valence-corrected chi connectivity index (χ3v) is 11.6. The number of hydrogen-bond donors (Lipinski definition) is 0. The third kappa shape index (κ3) is 6.48. The molecule has 0 radical (unpaired) electrons. The lowest BCUT2D eigenvalue weighted by Crippen LogP contribution is -2.45. The average Bonchev–Trinajstić information content (AvgIpc) is 3.12. The molecule has 4 rings (SSSR count). The van der Waals surface area contributed by atoms with E-state index in [0.29, 0.717) is 10.8 Å². The minimum atomic E-state index is 0.487. The fourth-order valence-electron chi connectivity index (χ4n) is 9.16. The van der Waals surface area contributed by atoms with Gasteiger partial charge < -0.3 is 0 Å². The van der Waals surface area contributed by atoms with Crippen molar-refractivity contribution in [2.75, 3.05) is 4.43 Å². The second-order valence-corrected chi connectivity index (χ2v) is 15.3. The van der Waals surface area contributed by atoms with Gasteiger partial charge in [0.25, 0.3) is 0 Å². The molecule has 0 aromatic rings. The highest BCUT2D eigenvalue weighted by Gasteiger charge is 2.55. The molecule has 0 spiro atoms. The summed E-state index contributed by atoms with van der Waals surface area (Å²) in [5.41, 5.74) is 5.14. The van der Waals surface area contributed by atoms with Gasteiger partial charge in [0, 0.05) is 4.43 Å². The van der Waals surface area contributed by atoms with Crippen LogP contribution in [0.15, 0.2) is 11.1 Å². The van der Waals surface area contributed by atoms with Gasteiger partial charge in [-0.2, -0.15) is 0 Å². The molecule has 34 heavy (non-hydrogen) atoms. The first-order valence-electron chi connectivity index (χ1n) is 15.4. The average molecular weight is 583 g/mol. The van der Waals surface area contributed by atoms with Crippen LogP contribution in [0.3, 0.4) is 0 Å². The lowest BCUT2D eigenvalue weighted by atomic mass is 9.51. The Hall–Kier alpha value is 0.470. The van der Waals surface area contributed by atoms with Gasteiger partial charge in [0.1, 0.15) is 0 Å². The Kier molecular flexibility index (Phi) is 10.5. The van der Waals surface area contributed by atoms with Crippen LogP contribution in [0, 0.1) is 52.3 Å². The highest BCUT2D eigenvalue weighted by Crippen LogP contribution is 2.65. The van der Waals surface area contributed by atoms with Crippen molar-refractivity contribution in [1.82, 2.24) is 0 Å². The van der Waals surface area contributed by atoms with Crippen LogP contribution in [-0.4, -0.2) is 4.43 Å². The molecule has 0 amide bonds. The SMILES string of the molecule is CC.CC(C)CCCCC1CCC2C3CC(CI)C4=C(CCC(CC(C)(C)C)C4)C3CCC12C. The summed E-state index contributed by atoms with van der Waals surface area (Å²) in [7, 11) is 0. The molecule has 2 fully saturated rings. The van der Waals surface area contributed by atoms with Gasteiger partial charge in [0.2, 0.25) is 0 Å². The maximum atomic E-state index is 2.75. The van der Waals surface area contributed by atoms with E-state index in [1.165, 1.54) is 75.1 Å². The summed E-state index contributed by atoms with van der Waals surface area (Å²) < 4.78 is 1.37. The number of unbranched alkanes of at least 4 members (excludes halogenated alkanes) is 1. The number of alkyl halides is 1. The molecule has 2 saturated carbocycles. The summed E-state index contributed by atoms with van der Waals surface area (Å²) in [6.07, 6.45) is 19.4. The lowest BCUT2D eigenvalue weighted by Gasteiger charge is -2.54. The number of halogens is 1. The van der Waals surface area contributed by atoms with Gasteiger partial charge in [-0.1, -0.05) is 108 Å². The smallest absolute Gasteiger partial charge is 0.00612 e. The highest BCUT2D eigenvalue weighted by atomic mass is 127. The highest BCUT2D eigenvalue weighted by molar-refractivity contribution is 14.1. The molecule has 198 valence electrons. The van der Waals surface area contributed by atoms with Crippen LogP contribution in [0.5, 0.6) is 0 Å². The van der Waals surface area contributed by atoms with Gasteiger partial charge in [0.15, 0.2) is 0 Å². The molecule has 4 aliphatic rings. The van der Waals surface area contributed by atoms with Crippen molar-refractivity contribution in [2.24, 2.45) is 52.3 Å². The zero-order valence-electron chi connectivity index (χ0n) is 24.3. The van der Waals surface area contributed by atoms with Gasteiger partial charge in [-0.25, -0.2) is 0 Å². The van der Waals surface area contributed by atoms with Crippen LogP contribution in [0.2, 0.25) is 0 Å².